The minimum absolute atomic E-state index is 0.0931. The van der Waals surface area contributed by atoms with Crippen LogP contribution in [-0.2, 0) is 16.1 Å². The molecule has 1 amide bonds. The molecule has 4 aromatic rings. The normalized spacial score (nSPS) is 11.9. The lowest BCUT2D eigenvalue weighted by Crippen LogP contribution is -2.22. The lowest BCUT2D eigenvalue weighted by molar-refractivity contribution is -0.384. The van der Waals surface area contributed by atoms with Crippen LogP contribution in [0.25, 0.3) is 15.9 Å². The first-order valence-electron chi connectivity index (χ1n) is 8.76. The highest BCUT2D eigenvalue weighted by atomic mass is 32.1. The molecule has 4 rings (SSSR count). The Labute approximate surface area is 172 Å². The van der Waals surface area contributed by atoms with Crippen LogP contribution in [0.3, 0.4) is 0 Å². The fourth-order valence-corrected chi connectivity index (χ4v) is 4.18. The summed E-state index contributed by atoms with van der Waals surface area (Å²) >= 11 is 1.08. The second-order valence-corrected chi connectivity index (χ2v) is 7.36. The predicted octanol–water partition coefficient (Wildman–Crippen LogP) is 2.48. The highest BCUT2D eigenvalue weighted by Gasteiger charge is 2.18. The fourth-order valence-electron chi connectivity index (χ4n) is 3.12. The predicted molar refractivity (Wildman–Crippen MR) is 108 cm³/mol. The summed E-state index contributed by atoms with van der Waals surface area (Å²) in [5, 5.41) is 11.1. The van der Waals surface area contributed by atoms with Crippen molar-refractivity contribution in [3.05, 3.63) is 68.9 Å². The number of nitro benzene ring substituents is 1. The Bertz CT molecular complexity index is 1400. The fraction of sp³-hybridized carbons (Fsp3) is 0.158. The van der Waals surface area contributed by atoms with Gasteiger partial charge in [0.05, 0.1) is 27.9 Å². The van der Waals surface area contributed by atoms with Gasteiger partial charge in [0, 0.05) is 18.3 Å². The summed E-state index contributed by atoms with van der Waals surface area (Å²) in [6.07, 6.45) is 1.72. The lowest BCUT2D eigenvalue weighted by Gasteiger charge is -2.03. The van der Waals surface area contributed by atoms with Crippen LogP contribution >= 0.6 is 11.3 Å². The molecule has 0 atom stereocenters. The molecule has 0 radical (unpaired) electrons. The number of amides is 1. The Hall–Kier alpha value is -3.86. The largest absolute Gasteiger partial charge is 0.468 e. The van der Waals surface area contributed by atoms with E-state index in [-0.39, 0.29) is 17.0 Å². The average Bonchev–Trinajstić information content (AvgIpc) is 3.23. The van der Waals surface area contributed by atoms with Gasteiger partial charge >= 0.3 is 5.97 Å². The number of benzene rings is 1. The van der Waals surface area contributed by atoms with Gasteiger partial charge < -0.3 is 9.30 Å². The van der Waals surface area contributed by atoms with Crippen molar-refractivity contribution in [3.63, 3.8) is 0 Å². The standard InChI is InChI=1S/C19H15N5O5S/c1-11-17(22-8-4-3-5-15(22)20-11)18(26)21-19-23(10-16(25)29-2)13-7-6-12(24(27)28)9-14(13)30-19/h3-9H,10H2,1-2H3. The molecular formula is C19H15N5O5S. The number of nitro groups is 1. The number of carbonyl (C=O) groups is 2. The highest BCUT2D eigenvalue weighted by molar-refractivity contribution is 7.16. The van der Waals surface area contributed by atoms with E-state index >= 15 is 0 Å². The van der Waals surface area contributed by atoms with Gasteiger partial charge in [-0.15, -0.1) is 0 Å². The molecule has 0 aliphatic rings. The lowest BCUT2D eigenvalue weighted by atomic mass is 10.3. The maximum Gasteiger partial charge on any atom is 0.325 e. The van der Waals surface area contributed by atoms with Crippen molar-refractivity contribution in [2.75, 3.05) is 7.11 Å². The molecule has 3 aromatic heterocycles. The van der Waals surface area contributed by atoms with Crippen LogP contribution in [0.5, 0.6) is 0 Å². The average molecular weight is 425 g/mol. The van der Waals surface area contributed by atoms with E-state index in [9.17, 15) is 19.7 Å². The molecule has 0 fully saturated rings. The first kappa shape index (κ1) is 19.5. The number of aromatic nitrogens is 3. The SMILES string of the molecule is COC(=O)Cn1c(=NC(=O)c2c(C)nc3ccccn23)sc2cc([N+](=O)[O-])ccc21. The van der Waals surface area contributed by atoms with Crippen LogP contribution in [0.2, 0.25) is 0 Å². The molecule has 11 heteroatoms. The quantitative estimate of drug-likeness (QED) is 0.281. The maximum atomic E-state index is 13.0. The zero-order valence-corrected chi connectivity index (χ0v) is 16.8. The summed E-state index contributed by atoms with van der Waals surface area (Å²) < 4.78 is 8.41. The van der Waals surface area contributed by atoms with Gasteiger partial charge in [0.2, 0.25) is 0 Å². The number of ether oxygens (including phenoxy) is 1. The third kappa shape index (κ3) is 3.35. The first-order valence-corrected chi connectivity index (χ1v) is 9.58. The van der Waals surface area contributed by atoms with Crippen LogP contribution in [-0.4, -0.2) is 37.9 Å². The maximum absolute atomic E-state index is 13.0. The molecule has 0 bridgehead atoms. The molecular weight excluding hydrogens is 410 g/mol. The minimum atomic E-state index is -0.536. The van der Waals surface area contributed by atoms with Crippen molar-refractivity contribution in [3.8, 4) is 0 Å². The van der Waals surface area contributed by atoms with Gasteiger partial charge in [0.1, 0.15) is 17.9 Å². The van der Waals surface area contributed by atoms with Crippen LogP contribution in [0.15, 0.2) is 47.6 Å². The monoisotopic (exact) mass is 425 g/mol. The summed E-state index contributed by atoms with van der Waals surface area (Å²) in [4.78, 5) is 44.3. The summed E-state index contributed by atoms with van der Waals surface area (Å²) in [6.45, 7) is 1.53. The van der Waals surface area contributed by atoms with Crippen molar-refractivity contribution in [2.45, 2.75) is 13.5 Å². The number of aryl methyl sites for hydroxylation is 1. The Morgan fingerprint density at radius 1 is 1.30 bits per heavy atom. The van der Waals surface area contributed by atoms with Crippen LogP contribution < -0.4 is 4.80 Å². The Morgan fingerprint density at radius 2 is 2.10 bits per heavy atom. The molecule has 0 saturated heterocycles. The van der Waals surface area contributed by atoms with E-state index in [2.05, 4.69) is 9.98 Å². The van der Waals surface area contributed by atoms with E-state index in [1.807, 2.05) is 6.07 Å². The van der Waals surface area contributed by atoms with Crippen molar-refractivity contribution in [1.82, 2.24) is 14.0 Å². The Balaban J connectivity index is 1.91. The summed E-state index contributed by atoms with van der Waals surface area (Å²) in [7, 11) is 1.26. The molecule has 0 spiro atoms. The van der Waals surface area contributed by atoms with Gasteiger partial charge in [-0.05, 0) is 25.1 Å². The zero-order valence-electron chi connectivity index (χ0n) is 15.9. The third-order valence-corrected chi connectivity index (χ3v) is 5.54. The number of thiazole rings is 1. The van der Waals surface area contributed by atoms with Crippen molar-refractivity contribution in [1.29, 1.82) is 0 Å². The van der Waals surface area contributed by atoms with Crippen LogP contribution in [0.1, 0.15) is 16.2 Å². The van der Waals surface area contributed by atoms with Crippen molar-refractivity contribution >= 4 is 44.8 Å². The van der Waals surface area contributed by atoms with Gasteiger partial charge in [-0.3, -0.25) is 24.1 Å². The van der Waals surface area contributed by atoms with Gasteiger partial charge in [-0.1, -0.05) is 17.4 Å². The van der Waals surface area contributed by atoms with Gasteiger partial charge in [-0.25, -0.2) is 4.98 Å². The van der Waals surface area contributed by atoms with Gasteiger partial charge in [0.25, 0.3) is 11.6 Å². The number of imidazole rings is 1. The Kier molecular flexibility index (Phi) is 4.88. The van der Waals surface area contributed by atoms with E-state index in [4.69, 9.17) is 4.74 Å². The second kappa shape index (κ2) is 7.52. The topological polar surface area (TPSA) is 121 Å². The van der Waals surface area contributed by atoms with Crippen molar-refractivity contribution in [2.24, 2.45) is 4.99 Å². The molecule has 0 aliphatic carbocycles. The second-order valence-electron chi connectivity index (χ2n) is 6.35. The number of esters is 1. The molecule has 3 heterocycles. The van der Waals surface area contributed by atoms with E-state index in [0.29, 0.717) is 27.3 Å². The number of methoxy groups -OCH3 is 1. The number of nitrogens with zero attached hydrogens (tertiary/aromatic N) is 5. The molecule has 1 aromatic carbocycles. The summed E-state index contributed by atoms with van der Waals surface area (Å²) in [5.74, 6) is -1.07. The van der Waals surface area contributed by atoms with Crippen molar-refractivity contribution < 1.29 is 19.2 Å². The smallest absolute Gasteiger partial charge is 0.325 e. The molecule has 0 unspecified atom stereocenters. The number of rotatable bonds is 4. The number of hydrogen-bond donors (Lipinski definition) is 0. The number of carbonyl (C=O) groups excluding carboxylic acids is 2. The Morgan fingerprint density at radius 3 is 2.83 bits per heavy atom. The molecule has 0 N–H and O–H groups in total. The van der Waals surface area contributed by atoms with E-state index in [0.717, 1.165) is 11.3 Å². The molecule has 10 nitrogen and oxygen atoms in total. The number of non-ortho nitro benzene ring substituents is 1. The van der Waals surface area contributed by atoms with E-state index in [1.54, 1.807) is 29.7 Å². The number of pyridine rings is 1. The summed E-state index contributed by atoms with van der Waals surface area (Å²) in [6, 6.07) is 9.62. The van der Waals surface area contributed by atoms with Gasteiger partial charge in [0.15, 0.2) is 4.80 Å². The zero-order chi connectivity index (χ0) is 21.4. The van der Waals surface area contributed by atoms with Crippen LogP contribution in [0, 0.1) is 17.0 Å². The minimum Gasteiger partial charge on any atom is -0.468 e. The molecule has 152 valence electrons. The first-order chi connectivity index (χ1) is 14.4. The number of fused-ring (bicyclic) bond motifs is 2. The molecule has 30 heavy (non-hydrogen) atoms. The molecule has 0 saturated carbocycles. The third-order valence-electron chi connectivity index (χ3n) is 4.50. The highest BCUT2D eigenvalue weighted by Crippen LogP contribution is 2.23. The summed E-state index contributed by atoms with van der Waals surface area (Å²) in [5.41, 5.74) is 1.88. The van der Waals surface area contributed by atoms with E-state index < -0.39 is 16.8 Å². The molecule has 0 aliphatic heterocycles. The number of hydrogen-bond acceptors (Lipinski definition) is 7. The van der Waals surface area contributed by atoms with Crippen LogP contribution in [0.4, 0.5) is 5.69 Å². The van der Waals surface area contributed by atoms with E-state index in [1.165, 1.54) is 29.9 Å². The van der Waals surface area contributed by atoms with Gasteiger partial charge in [-0.2, -0.15) is 4.99 Å².